The van der Waals surface area contributed by atoms with E-state index in [4.69, 9.17) is 0 Å². The lowest BCUT2D eigenvalue weighted by Gasteiger charge is -2.45. The molecule has 0 aromatic rings. The number of carbonyl (C=O) groups excluding carboxylic acids is 2. The lowest BCUT2D eigenvalue weighted by molar-refractivity contribution is -0.156. The average molecular weight is 181 g/mol. The van der Waals surface area contributed by atoms with Crippen LogP contribution in [0.2, 0.25) is 0 Å². The molecule has 4 nitrogen and oxygen atoms in total. The third-order valence-electron chi connectivity index (χ3n) is 2.69. The van der Waals surface area contributed by atoms with Crippen molar-refractivity contribution in [1.82, 2.24) is 4.90 Å². The molecule has 4 heteroatoms. The van der Waals surface area contributed by atoms with Crippen LogP contribution in [0.4, 0.5) is 0 Å². The van der Waals surface area contributed by atoms with E-state index in [9.17, 15) is 9.59 Å². The van der Waals surface area contributed by atoms with Crippen LogP contribution in [0, 0.1) is 12.5 Å². The first-order valence-corrected chi connectivity index (χ1v) is 4.34. The molecule has 2 unspecified atom stereocenters. The largest absolute Gasteiger partial charge is 0.468 e. The van der Waals surface area contributed by atoms with Crippen LogP contribution < -0.4 is 0 Å². The van der Waals surface area contributed by atoms with Crippen molar-refractivity contribution in [2.45, 2.75) is 18.9 Å². The molecule has 2 aliphatic heterocycles. The molecule has 70 valence electrons. The quantitative estimate of drug-likeness (QED) is 0.417. The van der Waals surface area contributed by atoms with Gasteiger partial charge in [0.2, 0.25) is 0 Å². The Balaban J connectivity index is 2.12. The van der Waals surface area contributed by atoms with Gasteiger partial charge in [-0.15, -0.1) is 0 Å². The molecule has 2 heterocycles. The van der Waals surface area contributed by atoms with Crippen LogP contribution in [-0.2, 0) is 14.3 Å². The van der Waals surface area contributed by atoms with E-state index >= 15 is 0 Å². The number of hydrogen-bond donors (Lipinski definition) is 0. The monoisotopic (exact) mass is 181 g/mol. The molecule has 2 fully saturated rings. The van der Waals surface area contributed by atoms with E-state index in [-0.39, 0.29) is 11.8 Å². The normalized spacial score (nSPS) is 33.5. The Morgan fingerprint density at radius 2 is 2.46 bits per heavy atom. The SMILES string of the molecule is COC(=O)C1C(=O)CCN2[C]CC12. The van der Waals surface area contributed by atoms with Crippen molar-refractivity contribution in [3.05, 3.63) is 6.54 Å². The zero-order valence-electron chi connectivity index (χ0n) is 7.45. The number of hydrogen-bond acceptors (Lipinski definition) is 4. The Labute approximate surface area is 76.8 Å². The first-order chi connectivity index (χ1) is 6.24. The van der Waals surface area contributed by atoms with E-state index < -0.39 is 11.9 Å². The highest BCUT2D eigenvalue weighted by Gasteiger charge is 2.47. The maximum atomic E-state index is 11.4. The molecule has 2 atom stereocenters. The van der Waals surface area contributed by atoms with Crippen molar-refractivity contribution < 1.29 is 14.3 Å². The second-order valence-corrected chi connectivity index (χ2v) is 3.34. The Bertz CT molecular complexity index is 243. The lowest BCUT2D eigenvalue weighted by Crippen LogP contribution is -2.57. The first kappa shape index (κ1) is 8.69. The van der Waals surface area contributed by atoms with Crippen molar-refractivity contribution >= 4 is 11.8 Å². The summed E-state index contributed by atoms with van der Waals surface area (Å²) >= 11 is 0. The molecule has 0 amide bonds. The lowest BCUT2D eigenvalue weighted by atomic mass is 9.81. The number of piperidine rings is 1. The Kier molecular flexibility index (Phi) is 2.07. The van der Waals surface area contributed by atoms with Crippen LogP contribution >= 0.6 is 0 Å². The average Bonchev–Trinajstić information content (AvgIpc) is 2.09. The molecule has 0 saturated carbocycles. The number of carbonyl (C=O) groups is 2. The van der Waals surface area contributed by atoms with Gasteiger partial charge in [-0.1, -0.05) is 0 Å². The van der Waals surface area contributed by atoms with Gasteiger partial charge in [-0.25, -0.2) is 0 Å². The summed E-state index contributed by atoms with van der Waals surface area (Å²) < 4.78 is 4.60. The van der Waals surface area contributed by atoms with Crippen molar-refractivity contribution in [3.8, 4) is 0 Å². The molecule has 0 aromatic carbocycles. The van der Waals surface area contributed by atoms with Crippen LogP contribution in [0.3, 0.4) is 0 Å². The van der Waals surface area contributed by atoms with Crippen LogP contribution in [0.5, 0.6) is 0 Å². The predicted molar refractivity (Wildman–Crippen MR) is 43.5 cm³/mol. The second kappa shape index (κ2) is 3.10. The first-order valence-electron chi connectivity index (χ1n) is 4.34. The van der Waals surface area contributed by atoms with Gasteiger partial charge in [0.05, 0.1) is 13.7 Å². The smallest absolute Gasteiger partial charge is 0.317 e. The Hall–Kier alpha value is -0.900. The number of ether oxygens (including phenoxy) is 1. The van der Waals surface area contributed by atoms with E-state index in [1.165, 1.54) is 7.11 Å². The summed E-state index contributed by atoms with van der Waals surface area (Å²) in [4.78, 5) is 24.6. The van der Waals surface area contributed by atoms with Crippen molar-refractivity contribution in [1.29, 1.82) is 0 Å². The van der Waals surface area contributed by atoms with Gasteiger partial charge in [0.1, 0.15) is 11.7 Å². The number of nitrogens with zero attached hydrogens (tertiary/aromatic N) is 1. The number of Topliss-reactive ketones (excluding diaryl/α,β-unsaturated/α-hetero) is 1. The minimum atomic E-state index is -0.569. The maximum absolute atomic E-state index is 11.4. The van der Waals surface area contributed by atoms with Gasteiger partial charge in [-0.05, 0) is 6.42 Å². The molecule has 0 N–H and O–H groups in total. The van der Waals surface area contributed by atoms with Gasteiger partial charge in [-0.3, -0.25) is 14.5 Å². The summed E-state index contributed by atoms with van der Waals surface area (Å²) in [6.45, 7) is 3.76. The number of fused-ring (bicyclic) bond motifs is 1. The van der Waals surface area contributed by atoms with Crippen molar-refractivity contribution in [3.63, 3.8) is 0 Å². The number of rotatable bonds is 1. The molecule has 0 bridgehead atoms. The maximum Gasteiger partial charge on any atom is 0.317 e. The molecular weight excluding hydrogens is 170 g/mol. The fourth-order valence-electron chi connectivity index (χ4n) is 1.88. The number of methoxy groups -OCH3 is 1. The molecule has 0 spiro atoms. The summed E-state index contributed by atoms with van der Waals surface area (Å²) in [6.07, 6.45) is 1.13. The predicted octanol–water partition coefficient (Wildman–Crippen LogP) is -0.139. The number of esters is 1. The molecular formula is C9H11NO3. The van der Waals surface area contributed by atoms with Gasteiger partial charge < -0.3 is 4.74 Å². The zero-order chi connectivity index (χ0) is 9.42. The van der Waals surface area contributed by atoms with Gasteiger partial charge >= 0.3 is 5.97 Å². The van der Waals surface area contributed by atoms with Crippen LogP contribution in [0.25, 0.3) is 0 Å². The van der Waals surface area contributed by atoms with Gasteiger partial charge in [0.15, 0.2) is 0 Å². The third-order valence-corrected chi connectivity index (χ3v) is 2.69. The molecule has 2 rings (SSSR count). The summed E-state index contributed by atoms with van der Waals surface area (Å²) in [5, 5.41) is 0. The fourth-order valence-corrected chi connectivity index (χ4v) is 1.88. The molecule has 13 heavy (non-hydrogen) atoms. The van der Waals surface area contributed by atoms with Gasteiger partial charge in [-0.2, -0.15) is 0 Å². The summed E-state index contributed by atoms with van der Waals surface area (Å²) in [6, 6.07) is 0.0219. The minimum Gasteiger partial charge on any atom is -0.468 e. The highest BCUT2D eigenvalue weighted by molar-refractivity contribution is 6.00. The Morgan fingerprint density at radius 3 is 3.00 bits per heavy atom. The standard InChI is InChI=1S/C9H11NO3/c1-13-9(12)8-6-2-4-10(6)5-3-7(8)11/h6,8H,2-3,5H2,1H3. The van der Waals surface area contributed by atoms with Crippen molar-refractivity contribution in [2.75, 3.05) is 13.7 Å². The van der Waals surface area contributed by atoms with Gasteiger partial charge in [0.25, 0.3) is 0 Å². The molecule has 0 aliphatic carbocycles. The molecule has 2 saturated heterocycles. The van der Waals surface area contributed by atoms with E-state index in [1.54, 1.807) is 0 Å². The van der Waals surface area contributed by atoms with E-state index in [0.29, 0.717) is 19.4 Å². The molecule has 2 radical (unpaired) electrons. The highest BCUT2D eigenvalue weighted by Crippen LogP contribution is 2.33. The van der Waals surface area contributed by atoms with Crippen LogP contribution in [0.15, 0.2) is 0 Å². The minimum absolute atomic E-state index is 0.00889. The highest BCUT2D eigenvalue weighted by atomic mass is 16.5. The van der Waals surface area contributed by atoms with E-state index in [0.717, 1.165) is 0 Å². The summed E-state index contributed by atoms with van der Waals surface area (Å²) in [5.41, 5.74) is 0. The van der Waals surface area contributed by atoms with Crippen molar-refractivity contribution in [2.24, 2.45) is 5.92 Å². The topological polar surface area (TPSA) is 46.6 Å². The fraction of sp³-hybridized carbons (Fsp3) is 0.667. The van der Waals surface area contributed by atoms with Crippen LogP contribution in [-0.4, -0.2) is 36.3 Å². The second-order valence-electron chi connectivity index (χ2n) is 3.34. The summed E-state index contributed by atoms with van der Waals surface area (Å²) in [5.74, 6) is -0.962. The molecule has 2 aliphatic rings. The van der Waals surface area contributed by atoms with E-state index in [1.807, 2.05) is 4.90 Å². The summed E-state index contributed by atoms with van der Waals surface area (Å²) in [7, 11) is 1.32. The van der Waals surface area contributed by atoms with Crippen LogP contribution in [0.1, 0.15) is 12.8 Å². The van der Waals surface area contributed by atoms with Gasteiger partial charge in [0, 0.05) is 19.0 Å². The Morgan fingerprint density at radius 1 is 1.69 bits per heavy atom. The third kappa shape index (κ3) is 1.25. The number of ketones is 1. The molecule has 0 aromatic heterocycles. The zero-order valence-corrected chi connectivity index (χ0v) is 7.45. The van der Waals surface area contributed by atoms with E-state index in [2.05, 4.69) is 11.3 Å².